The largest absolute Gasteiger partial charge is 0.364 e. The number of amides is 1. The molecule has 4 aromatic rings. The van der Waals surface area contributed by atoms with Crippen LogP contribution in [0.4, 0.5) is 5.82 Å². The van der Waals surface area contributed by atoms with Crippen LogP contribution in [0, 0.1) is 0 Å². The summed E-state index contributed by atoms with van der Waals surface area (Å²) in [5.74, 6) is 1.23. The summed E-state index contributed by atoms with van der Waals surface area (Å²) in [6.45, 7) is 4.17. The number of rotatable bonds is 7. The van der Waals surface area contributed by atoms with Gasteiger partial charge in [-0.3, -0.25) is 9.69 Å². The van der Waals surface area contributed by atoms with Crippen molar-refractivity contribution in [1.29, 1.82) is 0 Å². The van der Waals surface area contributed by atoms with Crippen LogP contribution in [-0.4, -0.2) is 70.7 Å². The lowest BCUT2D eigenvalue weighted by Gasteiger charge is -2.36. The highest BCUT2D eigenvalue weighted by Gasteiger charge is 2.25. The first kappa shape index (κ1) is 25.4. The Morgan fingerprint density at radius 2 is 1.86 bits per heavy atom. The summed E-state index contributed by atoms with van der Waals surface area (Å²) in [6, 6.07) is 10.9. The lowest BCUT2D eigenvalue weighted by atomic mass is 10.1. The van der Waals surface area contributed by atoms with Gasteiger partial charge in [-0.25, -0.2) is 15.0 Å². The van der Waals surface area contributed by atoms with Crippen LogP contribution in [0.25, 0.3) is 22.6 Å². The topological polar surface area (TPSA) is 88.4 Å². The zero-order valence-corrected chi connectivity index (χ0v) is 22.1. The first-order valence-corrected chi connectivity index (χ1v) is 12.7. The van der Waals surface area contributed by atoms with Crippen LogP contribution in [0.3, 0.4) is 0 Å². The van der Waals surface area contributed by atoms with Crippen LogP contribution in [-0.2, 0) is 18.0 Å². The van der Waals surface area contributed by atoms with Crippen molar-refractivity contribution in [2.45, 2.75) is 13.3 Å². The van der Waals surface area contributed by atoms with Crippen molar-refractivity contribution in [2.75, 3.05) is 45.2 Å². The molecule has 1 amide bonds. The van der Waals surface area contributed by atoms with E-state index in [9.17, 15) is 4.79 Å². The first-order valence-electron chi connectivity index (χ1n) is 11.9. The fourth-order valence-electron chi connectivity index (χ4n) is 4.49. The van der Waals surface area contributed by atoms with Gasteiger partial charge in [0.2, 0.25) is 0 Å². The molecule has 0 radical (unpaired) electrons. The lowest BCUT2D eigenvalue weighted by Crippen LogP contribution is -2.46. The molecule has 37 heavy (non-hydrogen) atoms. The zero-order chi connectivity index (χ0) is 25.9. The number of nitrogens with zero attached hydrogens (tertiary/aromatic N) is 6. The standard InChI is InChI=1S/C26H27Cl2N7O2/c1-29-26(36)17-3-6-21-22(14-17)32-25(23(31-21)24-30-7-8-35(24)16-37-2)34-11-9-33(10-12-34)15-18-13-19(27)4-5-20(18)28/h3-8,13-14H,9-12,15-16H2,1-2H3,(H,29,36). The monoisotopic (exact) mass is 539 g/mol. The average molecular weight is 540 g/mol. The third-order valence-electron chi connectivity index (χ3n) is 6.40. The molecule has 1 fully saturated rings. The van der Waals surface area contributed by atoms with Gasteiger partial charge in [0, 0.05) is 74.9 Å². The molecule has 0 bridgehead atoms. The van der Waals surface area contributed by atoms with Gasteiger partial charge in [0.1, 0.15) is 12.4 Å². The molecule has 192 valence electrons. The predicted molar refractivity (Wildman–Crippen MR) is 145 cm³/mol. The van der Waals surface area contributed by atoms with Crippen LogP contribution in [0.1, 0.15) is 15.9 Å². The minimum Gasteiger partial charge on any atom is -0.364 e. The second-order valence-electron chi connectivity index (χ2n) is 8.82. The van der Waals surface area contributed by atoms with E-state index in [4.69, 9.17) is 37.9 Å². The highest BCUT2D eigenvalue weighted by molar-refractivity contribution is 6.33. The molecule has 5 rings (SSSR count). The smallest absolute Gasteiger partial charge is 0.251 e. The molecule has 1 aliphatic heterocycles. The van der Waals surface area contributed by atoms with E-state index >= 15 is 0 Å². The van der Waals surface area contributed by atoms with Crippen LogP contribution in [0.5, 0.6) is 0 Å². The van der Waals surface area contributed by atoms with Crippen molar-refractivity contribution in [3.05, 3.63) is 70.0 Å². The summed E-state index contributed by atoms with van der Waals surface area (Å²) >= 11 is 12.6. The van der Waals surface area contributed by atoms with Gasteiger partial charge in [0.25, 0.3) is 5.91 Å². The Balaban J connectivity index is 1.47. The third-order valence-corrected chi connectivity index (χ3v) is 7.01. The quantitative estimate of drug-likeness (QED) is 0.378. The number of nitrogens with one attached hydrogen (secondary N) is 1. The number of halogens is 2. The molecule has 0 aliphatic carbocycles. The van der Waals surface area contributed by atoms with Gasteiger partial charge in [0.15, 0.2) is 11.6 Å². The number of fused-ring (bicyclic) bond motifs is 1. The van der Waals surface area contributed by atoms with Gasteiger partial charge in [-0.2, -0.15) is 0 Å². The molecule has 11 heteroatoms. The molecule has 9 nitrogen and oxygen atoms in total. The highest BCUT2D eigenvalue weighted by Crippen LogP contribution is 2.31. The van der Waals surface area contributed by atoms with Crippen molar-refractivity contribution in [3.63, 3.8) is 0 Å². The van der Waals surface area contributed by atoms with Crippen LogP contribution in [0.2, 0.25) is 10.0 Å². The van der Waals surface area contributed by atoms with Crippen molar-refractivity contribution >= 4 is 46.0 Å². The SMILES string of the molecule is CNC(=O)c1ccc2nc(-c3nccn3COC)c(N3CCN(Cc4cc(Cl)ccc4Cl)CC3)nc2c1. The Hall–Kier alpha value is -3.24. The Kier molecular flexibility index (Phi) is 7.57. The Labute approximate surface area is 225 Å². The molecular formula is C26H27Cl2N7O2. The number of aromatic nitrogens is 4. The van der Waals surface area contributed by atoms with E-state index in [1.54, 1.807) is 38.6 Å². The van der Waals surface area contributed by atoms with Crippen LogP contribution in [0.15, 0.2) is 48.8 Å². The number of hydrogen-bond acceptors (Lipinski definition) is 7. The maximum Gasteiger partial charge on any atom is 0.251 e. The fraction of sp³-hybridized carbons (Fsp3) is 0.308. The maximum atomic E-state index is 12.2. The molecule has 2 aromatic carbocycles. The summed E-state index contributed by atoms with van der Waals surface area (Å²) < 4.78 is 7.25. The van der Waals surface area contributed by atoms with E-state index in [1.165, 1.54) is 0 Å². The number of benzene rings is 2. The van der Waals surface area contributed by atoms with E-state index in [0.717, 1.165) is 44.1 Å². The number of methoxy groups -OCH3 is 1. The minimum atomic E-state index is -0.168. The predicted octanol–water partition coefficient (Wildman–Crippen LogP) is 4.09. The molecule has 0 spiro atoms. The van der Waals surface area contributed by atoms with E-state index in [1.807, 2.05) is 29.0 Å². The van der Waals surface area contributed by atoms with Crippen molar-refractivity contribution in [1.82, 2.24) is 29.7 Å². The number of piperazine rings is 1. The van der Waals surface area contributed by atoms with Crippen molar-refractivity contribution < 1.29 is 9.53 Å². The summed E-state index contributed by atoms with van der Waals surface area (Å²) in [4.78, 5) is 31.3. The number of imidazole rings is 1. The van der Waals surface area contributed by atoms with E-state index in [0.29, 0.717) is 44.9 Å². The number of carbonyl (C=O) groups excluding carboxylic acids is 1. The molecule has 1 saturated heterocycles. The zero-order valence-electron chi connectivity index (χ0n) is 20.6. The fourth-order valence-corrected chi connectivity index (χ4v) is 4.87. The first-order chi connectivity index (χ1) is 18.0. The normalized spacial score (nSPS) is 14.3. The van der Waals surface area contributed by atoms with Crippen LogP contribution >= 0.6 is 23.2 Å². The van der Waals surface area contributed by atoms with Gasteiger partial charge in [0.05, 0.1) is 11.0 Å². The molecule has 0 saturated carbocycles. The van der Waals surface area contributed by atoms with Crippen LogP contribution < -0.4 is 10.2 Å². The summed E-state index contributed by atoms with van der Waals surface area (Å²) in [5, 5.41) is 4.06. The Morgan fingerprint density at radius 3 is 2.62 bits per heavy atom. The highest BCUT2D eigenvalue weighted by atomic mass is 35.5. The molecule has 1 N–H and O–H groups in total. The summed E-state index contributed by atoms with van der Waals surface area (Å²) in [7, 11) is 3.25. The Morgan fingerprint density at radius 1 is 1.05 bits per heavy atom. The van der Waals surface area contributed by atoms with Gasteiger partial charge < -0.3 is 19.5 Å². The second kappa shape index (κ2) is 11.0. The summed E-state index contributed by atoms with van der Waals surface area (Å²) in [5.41, 5.74) is 3.56. The summed E-state index contributed by atoms with van der Waals surface area (Å²) in [6.07, 6.45) is 3.58. The number of anilines is 1. The van der Waals surface area contributed by atoms with E-state index < -0.39 is 0 Å². The molecular weight excluding hydrogens is 513 g/mol. The lowest BCUT2D eigenvalue weighted by molar-refractivity contribution is 0.0963. The molecule has 3 heterocycles. The van der Waals surface area contributed by atoms with Gasteiger partial charge in [-0.1, -0.05) is 23.2 Å². The average Bonchev–Trinajstić information content (AvgIpc) is 3.38. The maximum absolute atomic E-state index is 12.2. The van der Waals surface area contributed by atoms with Gasteiger partial charge in [-0.15, -0.1) is 0 Å². The number of ether oxygens (including phenoxy) is 1. The number of carbonyl (C=O) groups is 1. The van der Waals surface area contributed by atoms with Crippen molar-refractivity contribution in [2.24, 2.45) is 0 Å². The van der Waals surface area contributed by atoms with E-state index in [-0.39, 0.29) is 5.91 Å². The van der Waals surface area contributed by atoms with E-state index in [2.05, 4.69) is 20.1 Å². The van der Waals surface area contributed by atoms with Gasteiger partial charge in [-0.05, 0) is 42.0 Å². The van der Waals surface area contributed by atoms with Crippen molar-refractivity contribution in [3.8, 4) is 11.5 Å². The molecule has 2 aromatic heterocycles. The minimum absolute atomic E-state index is 0.168. The second-order valence-corrected chi connectivity index (χ2v) is 9.66. The third kappa shape index (κ3) is 5.40. The molecule has 1 aliphatic rings. The Bertz CT molecular complexity index is 1430. The van der Waals surface area contributed by atoms with Gasteiger partial charge >= 0.3 is 0 Å². The molecule has 0 unspecified atom stereocenters. The molecule has 0 atom stereocenters. The number of hydrogen-bond donors (Lipinski definition) is 1.